The van der Waals surface area contributed by atoms with Gasteiger partial charge < -0.3 is 9.42 Å². The third-order valence-electron chi connectivity index (χ3n) is 5.74. The van der Waals surface area contributed by atoms with E-state index in [4.69, 9.17) is 9.51 Å². The first kappa shape index (κ1) is 20.8. The number of hydrogen-bond acceptors (Lipinski definition) is 6. The molecule has 0 spiro atoms. The molecule has 3 aromatic rings. The molecule has 1 aliphatic rings. The van der Waals surface area contributed by atoms with Crippen LogP contribution >= 0.6 is 11.3 Å². The standard InChI is InChI=1S/C23H28N4O2S/c1-16-20(17(2)29-25-16)15-26-10-7-11-27(13-12-26)22(28)14-21-18(3)30-23(24-21)19-8-5-4-6-9-19/h4-6,8-9H,7,10-15H2,1-3H3. The molecule has 1 saturated heterocycles. The molecular weight excluding hydrogens is 396 g/mol. The molecule has 1 amide bonds. The number of carbonyl (C=O) groups is 1. The molecule has 0 bridgehead atoms. The van der Waals surface area contributed by atoms with E-state index in [1.54, 1.807) is 11.3 Å². The third kappa shape index (κ3) is 4.63. The van der Waals surface area contributed by atoms with Crippen LogP contribution in [0.15, 0.2) is 34.9 Å². The summed E-state index contributed by atoms with van der Waals surface area (Å²) in [5.41, 5.74) is 4.13. The van der Waals surface area contributed by atoms with Gasteiger partial charge in [0.2, 0.25) is 5.91 Å². The molecule has 0 aliphatic carbocycles. The minimum atomic E-state index is 0.169. The van der Waals surface area contributed by atoms with Crippen molar-refractivity contribution < 1.29 is 9.32 Å². The van der Waals surface area contributed by atoms with Crippen LogP contribution in [-0.2, 0) is 17.8 Å². The average Bonchev–Trinajstić information content (AvgIpc) is 3.15. The molecule has 0 N–H and O–H groups in total. The van der Waals surface area contributed by atoms with E-state index in [1.165, 1.54) is 5.56 Å². The summed E-state index contributed by atoms with van der Waals surface area (Å²) in [4.78, 5) is 23.3. The first-order valence-electron chi connectivity index (χ1n) is 10.4. The fourth-order valence-corrected chi connectivity index (χ4v) is 4.82. The third-order valence-corrected chi connectivity index (χ3v) is 6.80. The molecule has 3 heterocycles. The van der Waals surface area contributed by atoms with E-state index < -0.39 is 0 Å². The molecule has 0 radical (unpaired) electrons. The van der Waals surface area contributed by atoms with E-state index >= 15 is 0 Å². The minimum Gasteiger partial charge on any atom is -0.361 e. The van der Waals surface area contributed by atoms with Gasteiger partial charge in [0.15, 0.2) is 0 Å². The normalized spacial score (nSPS) is 15.4. The molecular formula is C23H28N4O2S. The Balaban J connectivity index is 1.37. The molecule has 2 aromatic heterocycles. The van der Waals surface area contributed by atoms with Crippen LogP contribution in [-0.4, -0.2) is 52.0 Å². The van der Waals surface area contributed by atoms with Gasteiger partial charge in [0, 0.05) is 48.7 Å². The van der Waals surface area contributed by atoms with Gasteiger partial charge in [0.1, 0.15) is 10.8 Å². The monoisotopic (exact) mass is 424 g/mol. The fraction of sp³-hybridized carbons (Fsp3) is 0.435. The van der Waals surface area contributed by atoms with Gasteiger partial charge in [-0.05, 0) is 27.2 Å². The van der Waals surface area contributed by atoms with Crippen LogP contribution in [0.3, 0.4) is 0 Å². The highest BCUT2D eigenvalue weighted by atomic mass is 32.1. The second-order valence-corrected chi connectivity index (χ2v) is 9.08. The maximum absolute atomic E-state index is 13.0. The Morgan fingerprint density at radius 1 is 1.10 bits per heavy atom. The molecule has 1 aromatic carbocycles. The number of nitrogens with zero attached hydrogens (tertiary/aromatic N) is 4. The van der Waals surface area contributed by atoms with Gasteiger partial charge in [-0.1, -0.05) is 35.5 Å². The predicted octanol–water partition coefficient (Wildman–Crippen LogP) is 4.00. The molecule has 30 heavy (non-hydrogen) atoms. The van der Waals surface area contributed by atoms with Crippen LogP contribution in [0.5, 0.6) is 0 Å². The molecule has 0 atom stereocenters. The van der Waals surface area contributed by atoms with E-state index in [-0.39, 0.29) is 5.91 Å². The van der Waals surface area contributed by atoms with Crippen molar-refractivity contribution in [2.75, 3.05) is 26.2 Å². The average molecular weight is 425 g/mol. The van der Waals surface area contributed by atoms with E-state index in [9.17, 15) is 4.79 Å². The van der Waals surface area contributed by atoms with Gasteiger partial charge >= 0.3 is 0 Å². The Morgan fingerprint density at radius 2 is 1.90 bits per heavy atom. The smallest absolute Gasteiger partial charge is 0.228 e. The molecule has 6 nitrogen and oxygen atoms in total. The van der Waals surface area contributed by atoms with Crippen LogP contribution in [0, 0.1) is 20.8 Å². The first-order valence-corrected chi connectivity index (χ1v) is 11.3. The van der Waals surface area contributed by atoms with Gasteiger partial charge in [-0.2, -0.15) is 0 Å². The summed E-state index contributed by atoms with van der Waals surface area (Å²) in [6, 6.07) is 10.2. The zero-order valence-corrected chi connectivity index (χ0v) is 18.7. The summed E-state index contributed by atoms with van der Waals surface area (Å²) >= 11 is 1.66. The van der Waals surface area contributed by atoms with E-state index in [1.807, 2.05) is 36.9 Å². The molecule has 7 heteroatoms. The lowest BCUT2D eigenvalue weighted by atomic mass is 10.2. The highest BCUT2D eigenvalue weighted by Crippen LogP contribution is 2.28. The van der Waals surface area contributed by atoms with Crippen molar-refractivity contribution in [1.29, 1.82) is 0 Å². The number of aryl methyl sites for hydroxylation is 3. The fourth-order valence-electron chi connectivity index (χ4n) is 3.88. The van der Waals surface area contributed by atoms with Gasteiger partial charge in [0.25, 0.3) is 0 Å². The number of thiazole rings is 1. The molecule has 1 aliphatic heterocycles. The molecule has 0 saturated carbocycles. The van der Waals surface area contributed by atoms with Crippen molar-refractivity contribution in [2.24, 2.45) is 0 Å². The van der Waals surface area contributed by atoms with Crippen molar-refractivity contribution >= 4 is 17.2 Å². The summed E-state index contributed by atoms with van der Waals surface area (Å²) in [6.45, 7) is 10.2. The SMILES string of the molecule is Cc1noc(C)c1CN1CCCN(C(=O)Cc2nc(-c3ccccc3)sc2C)CC1. The minimum absolute atomic E-state index is 0.169. The quantitative estimate of drug-likeness (QED) is 0.619. The van der Waals surface area contributed by atoms with Crippen LogP contribution < -0.4 is 0 Å². The highest BCUT2D eigenvalue weighted by Gasteiger charge is 2.22. The number of amides is 1. The Bertz CT molecular complexity index is 992. The summed E-state index contributed by atoms with van der Waals surface area (Å²) < 4.78 is 5.29. The van der Waals surface area contributed by atoms with E-state index in [2.05, 4.69) is 29.1 Å². The van der Waals surface area contributed by atoms with Gasteiger partial charge in [-0.15, -0.1) is 11.3 Å². The van der Waals surface area contributed by atoms with Crippen molar-refractivity contribution in [3.63, 3.8) is 0 Å². The van der Waals surface area contributed by atoms with E-state index in [0.29, 0.717) is 6.42 Å². The van der Waals surface area contributed by atoms with Crippen molar-refractivity contribution in [2.45, 2.75) is 40.2 Å². The number of carbonyl (C=O) groups excluding carboxylic acids is 1. The second kappa shape index (κ2) is 9.10. The highest BCUT2D eigenvalue weighted by molar-refractivity contribution is 7.15. The number of hydrogen-bond donors (Lipinski definition) is 0. The van der Waals surface area contributed by atoms with Crippen molar-refractivity contribution in [1.82, 2.24) is 19.9 Å². The topological polar surface area (TPSA) is 62.5 Å². The second-order valence-electron chi connectivity index (χ2n) is 7.88. The molecule has 0 unspecified atom stereocenters. The van der Waals surface area contributed by atoms with Gasteiger partial charge in [-0.25, -0.2) is 4.98 Å². The lowest BCUT2D eigenvalue weighted by Gasteiger charge is -2.22. The van der Waals surface area contributed by atoms with Crippen molar-refractivity contribution in [3.8, 4) is 10.6 Å². The summed E-state index contributed by atoms with van der Waals surface area (Å²) in [6.07, 6.45) is 1.35. The van der Waals surface area contributed by atoms with Crippen LogP contribution in [0.2, 0.25) is 0 Å². The summed E-state index contributed by atoms with van der Waals surface area (Å²) in [5.74, 6) is 1.06. The number of aromatic nitrogens is 2. The maximum Gasteiger partial charge on any atom is 0.228 e. The Hall–Kier alpha value is -2.51. The number of rotatable bonds is 5. The Labute approximate surface area is 181 Å². The largest absolute Gasteiger partial charge is 0.361 e. The molecule has 1 fully saturated rings. The van der Waals surface area contributed by atoms with Gasteiger partial charge in [-0.3, -0.25) is 9.69 Å². The predicted molar refractivity (Wildman–Crippen MR) is 118 cm³/mol. The van der Waals surface area contributed by atoms with Gasteiger partial charge in [0.05, 0.1) is 17.8 Å². The van der Waals surface area contributed by atoms with Crippen LogP contribution in [0.25, 0.3) is 10.6 Å². The maximum atomic E-state index is 13.0. The van der Waals surface area contributed by atoms with E-state index in [0.717, 1.165) is 71.7 Å². The first-order chi connectivity index (χ1) is 14.5. The van der Waals surface area contributed by atoms with Crippen LogP contribution in [0.1, 0.15) is 34.0 Å². The Morgan fingerprint density at radius 3 is 2.63 bits per heavy atom. The summed E-state index contributed by atoms with van der Waals surface area (Å²) in [5, 5.41) is 5.04. The number of benzene rings is 1. The lowest BCUT2D eigenvalue weighted by Crippen LogP contribution is -2.36. The lowest BCUT2D eigenvalue weighted by molar-refractivity contribution is -0.130. The molecule has 158 valence electrons. The zero-order chi connectivity index (χ0) is 21.1. The van der Waals surface area contributed by atoms with Crippen molar-refractivity contribution in [3.05, 3.63) is 57.9 Å². The molecule has 4 rings (SSSR count). The zero-order valence-electron chi connectivity index (χ0n) is 17.9. The summed E-state index contributed by atoms with van der Waals surface area (Å²) in [7, 11) is 0. The van der Waals surface area contributed by atoms with Crippen LogP contribution in [0.4, 0.5) is 0 Å². The Kier molecular flexibility index (Phi) is 6.29.